The SMILES string of the molecule is Cc1cc(-n2cc(-c3cncc(N4CC5CN(C)CC5C4)c3)nn2)c(C)cc1F. The molecule has 0 amide bonds. The van der Waals surface area contributed by atoms with Gasteiger partial charge in [0.1, 0.15) is 11.5 Å². The third-order valence-corrected chi connectivity index (χ3v) is 6.27. The molecular weight excluding hydrogens is 367 g/mol. The van der Waals surface area contributed by atoms with Crippen molar-refractivity contribution in [3.05, 3.63) is 53.7 Å². The standard InChI is InChI=1S/C22H25FN6/c1-14-5-22(15(2)4-20(14)23)29-13-21(25-26-29)16-6-19(8-24-7-16)28-11-17-9-27(3)10-18(17)12-28/h4-8,13,17-18H,9-12H2,1-3H3. The molecule has 0 spiro atoms. The molecule has 2 aliphatic heterocycles. The number of aromatic nitrogens is 4. The van der Waals surface area contributed by atoms with Crippen LogP contribution >= 0.6 is 0 Å². The molecular formula is C22H25FN6. The van der Waals surface area contributed by atoms with Gasteiger partial charge in [0.05, 0.1) is 23.8 Å². The van der Waals surface area contributed by atoms with Gasteiger partial charge in [-0.1, -0.05) is 5.21 Å². The summed E-state index contributed by atoms with van der Waals surface area (Å²) in [5.41, 5.74) is 5.10. The second-order valence-electron chi connectivity index (χ2n) is 8.51. The maximum atomic E-state index is 13.8. The molecule has 0 bridgehead atoms. The van der Waals surface area contributed by atoms with Gasteiger partial charge in [0, 0.05) is 37.9 Å². The Morgan fingerprint density at radius 2 is 1.72 bits per heavy atom. The lowest BCUT2D eigenvalue weighted by Crippen LogP contribution is -2.26. The number of benzene rings is 1. The van der Waals surface area contributed by atoms with Gasteiger partial charge < -0.3 is 9.80 Å². The molecule has 5 rings (SSSR count). The van der Waals surface area contributed by atoms with Crippen LogP contribution in [0.4, 0.5) is 10.1 Å². The number of aryl methyl sites for hydroxylation is 2. The van der Waals surface area contributed by atoms with Crippen molar-refractivity contribution >= 4 is 5.69 Å². The molecule has 0 radical (unpaired) electrons. The van der Waals surface area contributed by atoms with E-state index < -0.39 is 0 Å². The van der Waals surface area contributed by atoms with Crippen molar-refractivity contribution in [1.82, 2.24) is 24.9 Å². The summed E-state index contributed by atoms with van der Waals surface area (Å²) < 4.78 is 15.5. The highest BCUT2D eigenvalue weighted by Gasteiger charge is 2.38. The number of halogens is 1. The van der Waals surface area contributed by atoms with Crippen LogP contribution in [0.2, 0.25) is 0 Å². The Bertz CT molecular complexity index is 1050. The van der Waals surface area contributed by atoms with E-state index >= 15 is 0 Å². The highest BCUT2D eigenvalue weighted by molar-refractivity contribution is 5.64. The Morgan fingerprint density at radius 3 is 2.48 bits per heavy atom. The van der Waals surface area contributed by atoms with Gasteiger partial charge in [0.2, 0.25) is 0 Å². The number of pyridine rings is 1. The normalized spacial score (nSPS) is 21.7. The van der Waals surface area contributed by atoms with Crippen LogP contribution < -0.4 is 4.90 Å². The van der Waals surface area contributed by atoms with E-state index in [9.17, 15) is 4.39 Å². The molecule has 6 nitrogen and oxygen atoms in total. The van der Waals surface area contributed by atoms with Crippen molar-refractivity contribution in [3.63, 3.8) is 0 Å². The smallest absolute Gasteiger partial charge is 0.126 e. The molecule has 2 aliphatic rings. The van der Waals surface area contributed by atoms with Gasteiger partial charge >= 0.3 is 0 Å². The maximum Gasteiger partial charge on any atom is 0.126 e. The third kappa shape index (κ3) is 3.29. The van der Waals surface area contributed by atoms with Gasteiger partial charge in [-0.15, -0.1) is 5.10 Å². The minimum atomic E-state index is -0.204. The van der Waals surface area contributed by atoms with Crippen LogP contribution in [0.3, 0.4) is 0 Å². The lowest BCUT2D eigenvalue weighted by Gasteiger charge is -2.21. The summed E-state index contributed by atoms with van der Waals surface area (Å²) in [7, 11) is 2.21. The fraction of sp³-hybridized carbons (Fsp3) is 0.409. The van der Waals surface area contributed by atoms with E-state index in [-0.39, 0.29) is 5.82 Å². The van der Waals surface area contributed by atoms with Gasteiger partial charge in [-0.3, -0.25) is 4.98 Å². The Labute approximate surface area is 170 Å². The molecule has 0 saturated carbocycles. The number of rotatable bonds is 3. The second kappa shape index (κ2) is 6.91. The zero-order valence-corrected chi connectivity index (χ0v) is 17.0. The van der Waals surface area contributed by atoms with E-state index in [0.717, 1.165) is 53.1 Å². The maximum absolute atomic E-state index is 13.8. The van der Waals surface area contributed by atoms with Gasteiger partial charge in [-0.25, -0.2) is 9.07 Å². The van der Waals surface area contributed by atoms with E-state index in [2.05, 4.69) is 38.2 Å². The highest BCUT2D eigenvalue weighted by Crippen LogP contribution is 2.34. The van der Waals surface area contributed by atoms with Crippen LogP contribution in [0.1, 0.15) is 11.1 Å². The Morgan fingerprint density at radius 1 is 0.966 bits per heavy atom. The first kappa shape index (κ1) is 18.2. The lowest BCUT2D eigenvalue weighted by atomic mass is 10.0. The van der Waals surface area contributed by atoms with Crippen molar-refractivity contribution in [1.29, 1.82) is 0 Å². The number of hydrogen-bond acceptors (Lipinski definition) is 5. The lowest BCUT2D eigenvalue weighted by molar-refractivity contribution is 0.387. The van der Waals surface area contributed by atoms with Gasteiger partial charge in [-0.2, -0.15) is 0 Å². The minimum absolute atomic E-state index is 0.204. The van der Waals surface area contributed by atoms with Crippen LogP contribution in [0.5, 0.6) is 0 Å². The summed E-state index contributed by atoms with van der Waals surface area (Å²) in [5, 5.41) is 8.62. The van der Waals surface area contributed by atoms with Crippen molar-refractivity contribution in [2.24, 2.45) is 11.8 Å². The fourth-order valence-electron chi connectivity index (χ4n) is 4.71. The molecule has 1 aromatic carbocycles. The number of nitrogens with zero attached hydrogens (tertiary/aromatic N) is 6. The second-order valence-corrected chi connectivity index (χ2v) is 8.51. The average molecular weight is 392 g/mol. The van der Waals surface area contributed by atoms with E-state index in [1.165, 1.54) is 19.2 Å². The largest absolute Gasteiger partial charge is 0.370 e. The number of hydrogen-bond donors (Lipinski definition) is 0. The summed E-state index contributed by atoms with van der Waals surface area (Å²) in [6, 6.07) is 5.49. The monoisotopic (exact) mass is 392 g/mol. The van der Waals surface area contributed by atoms with Crippen molar-refractivity contribution in [2.45, 2.75) is 13.8 Å². The number of anilines is 1. The average Bonchev–Trinajstić information content (AvgIpc) is 3.39. The zero-order valence-electron chi connectivity index (χ0n) is 17.0. The first-order valence-electron chi connectivity index (χ1n) is 10.1. The Hall–Kier alpha value is -2.80. The van der Waals surface area contributed by atoms with Crippen molar-refractivity contribution in [3.8, 4) is 16.9 Å². The predicted octanol–water partition coefficient (Wildman–Crippen LogP) is 3.08. The van der Waals surface area contributed by atoms with Crippen molar-refractivity contribution in [2.75, 3.05) is 38.1 Å². The van der Waals surface area contributed by atoms with Gasteiger partial charge in [-0.05, 0) is 62.1 Å². The van der Waals surface area contributed by atoms with Crippen LogP contribution in [-0.4, -0.2) is 58.1 Å². The molecule has 150 valence electrons. The summed E-state index contributed by atoms with van der Waals surface area (Å²) in [6.45, 7) is 8.16. The quantitative estimate of drug-likeness (QED) is 0.686. The molecule has 2 unspecified atom stereocenters. The number of fused-ring (bicyclic) bond motifs is 1. The van der Waals surface area contributed by atoms with E-state index in [1.54, 1.807) is 17.7 Å². The molecule has 0 aliphatic carbocycles. The van der Waals surface area contributed by atoms with E-state index in [4.69, 9.17) is 0 Å². The summed E-state index contributed by atoms with van der Waals surface area (Å²) in [4.78, 5) is 9.33. The number of likely N-dealkylation sites (tertiary alicyclic amines) is 1. The Balaban J connectivity index is 1.40. The van der Waals surface area contributed by atoms with Gasteiger partial charge in [0.25, 0.3) is 0 Å². The molecule has 2 saturated heterocycles. The topological polar surface area (TPSA) is 50.1 Å². The van der Waals surface area contributed by atoms with Crippen LogP contribution in [0, 0.1) is 31.5 Å². The molecule has 7 heteroatoms. The molecule has 29 heavy (non-hydrogen) atoms. The minimum Gasteiger partial charge on any atom is -0.370 e. The van der Waals surface area contributed by atoms with Crippen LogP contribution in [0.15, 0.2) is 36.8 Å². The van der Waals surface area contributed by atoms with Crippen LogP contribution in [0.25, 0.3) is 16.9 Å². The molecule has 2 fully saturated rings. The predicted molar refractivity (Wildman–Crippen MR) is 111 cm³/mol. The highest BCUT2D eigenvalue weighted by atomic mass is 19.1. The first-order chi connectivity index (χ1) is 14.0. The third-order valence-electron chi connectivity index (χ3n) is 6.27. The molecule has 3 aromatic rings. The summed E-state index contributed by atoms with van der Waals surface area (Å²) in [5.74, 6) is 1.29. The molecule has 2 aromatic heterocycles. The summed E-state index contributed by atoms with van der Waals surface area (Å²) in [6.07, 6.45) is 5.64. The molecule has 0 N–H and O–H groups in total. The van der Waals surface area contributed by atoms with E-state index in [0.29, 0.717) is 5.56 Å². The van der Waals surface area contributed by atoms with Gasteiger partial charge in [0.15, 0.2) is 0 Å². The molecule has 4 heterocycles. The fourth-order valence-corrected chi connectivity index (χ4v) is 4.71. The zero-order chi connectivity index (χ0) is 20.1. The Kier molecular flexibility index (Phi) is 4.35. The van der Waals surface area contributed by atoms with Crippen LogP contribution in [-0.2, 0) is 0 Å². The van der Waals surface area contributed by atoms with E-state index in [1.807, 2.05) is 25.5 Å². The molecule has 2 atom stereocenters. The van der Waals surface area contributed by atoms with Crippen molar-refractivity contribution < 1.29 is 4.39 Å². The summed E-state index contributed by atoms with van der Waals surface area (Å²) >= 11 is 0. The first-order valence-corrected chi connectivity index (χ1v) is 10.1.